The number of aliphatic imine (C=N–C) groups is 1. The molecule has 0 amide bonds. The summed E-state index contributed by atoms with van der Waals surface area (Å²) in [6.45, 7) is 22.3. The zero-order chi connectivity index (χ0) is 42.2. The number of rotatable bonds is 7. The molecule has 4 aliphatic heterocycles. The summed E-state index contributed by atoms with van der Waals surface area (Å²) in [5.74, 6) is -2.50. The molecule has 0 saturated carbocycles. The third-order valence-electron chi connectivity index (χ3n) is 12.9. The van der Waals surface area contributed by atoms with Gasteiger partial charge in [-0.15, -0.1) is 0 Å². The van der Waals surface area contributed by atoms with Crippen LogP contribution in [0.15, 0.2) is 4.99 Å². The molecule has 0 aromatic heterocycles. The van der Waals surface area contributed by atoms with Crippen LogP contribution in [0.5, 0.6) is 0 Å². The van der Waals surface area contributed by atoms with Gasteiger partial charge in [-0.3, -0.25) is 4.79 Å². The van der Waals surface area contributed by atoms with Crippen molar-refractivity contribution in [3.8, 4) is 0 Å². The number of aliphatic hydroxyl groups is 4. The number of methoxy groups -OCH3 is 1. The van der Waals surface area contributed by atoms with Gasteiger partial charge in [0.1, 0.15) is 23.9 Å². The number of fused-ring (bicyclic) bond motifs is 1. The van der Waals surface area contributed by atoms with Crippen LogP contribution in [0.3, 0.4) is 0 Å². The monoisotopic (exact) mass is 802 g/mol. The fourth-order valence-corrected chi connectivity index (χ4v) is 9.41. The molecule has 0 unspecified atom stereocenters. The zero-order valence-electron chi connectivity index (χ0n) is 36.7. The van der Waals surface area contributed by atoms with E-state index in [1.54, 1.807) is 34.6 Å². The number of cyclic esters (lactones) is 1. The Labute approximate surface area is 335 Å². The van der Waals surface area contributed by atoms with E-state index in [2.05, 4.69) is 0 Å². The van der Waals surface area contributed by atoms with E-state index in [4.69, 9.17) is 38.2 Å². The van der Waals surface area contributed by atoms with Crippen molar-refractivity contribution >= 4 is 12.0 Å². The molecule has 18 atom stereocenters. The molecule has 326 valence electrons. The van der Waals surface area contributed by atoms with Gasteiger partial charge in [-0.05, 0) is 94.5 Å². The lowest BCUT2D eigenvalue weighted by Gasteiger charge is -2.48. The molecule has 0 spiro atoms. The minimum Gasteiger partial charge on any atom is -0.459 e. The van der Waals surface area contributed by atoms with Crippen molar-refractivity contribution in [3.05, 3.63) is 0 Å². The van der Waals surface area contributed by atoms with Crippen molar-refractivity contribution in [2.75, 3.05) is 27.7 Å². The van der Waals surface area contributed by atoms with E-state index in [0.29, 0.717) is 19.0 Å². The Bertz CT molecular complexity index is 1330. The molecular weight excluding hydrogens is 726 g/mol. The maximum absolute atomic E-state index is 14.3. The molecule has 4 N–H and O–H groups in total. The van der Waals surface area contributed by atoms with Crippen molar-refractivity contribution in [2.45, 2.75) is 205 Å². The van der Waals surface area contributed by atoms with E-state index in [1.807, 2.05) is 65.4 Å². The predicted octanol–water partition coefficient (Wildman–Crippen LogP) is 3.07. The largest absolute Gasteiger partial charge is 0.459 e. The highest BCUT2D eigenvalue weighted by molar-refractivity contribution is 5.76. The number of esters is 1. The molecular formula is C41H75N3O12. The summed E-state index contributed by atoms with van der Waals surface area (Å²) in [5.41, 5.74) is -4.34. The van der Waals surface area contributed by atoms with Crippen molar-refractivity contribution < 1.29 is 58.4 Å². The lowest BCUT2D eigenvalue weighted by Crippen LogP contribution is -2.60. The number of amidine groups is 1. The van der Waals surface area contributed by atoms with Gasteiger partial charge in [-0.1, -0.05) is 20.8 Å². The molecule has 0 aliphatic carbocycles. The number of carbonyl (C=O) groups excluding carboxylic acids is 1. The lowest BCUT2D eigenvalue weighted by atomic mass is 9.77. The lowest BCUT2D eigenvalue weighted by molar-refractivity contribution is -0.313. The van der Waals surface area contributed by atoms with Crippen LogP contribution < -0.4 is 0 Å². The summed E-state index contributed by atoms with van der Waals surface area (Å²) in [6.07, 6.45) is -7.20. The van der Waals surface area contributed by atoms with Gasteiger partial charge in [0.2, 0.25) is 0 Å². The average molecular weight is 802 g/mol. The minimum absolute atomic E-state index is 0.000679. The van der Waals surface area contributed by atoms with Crippen molar-refractivity contribution in [3.63, 3.8) is 0 Å². The second-order valence-corrected chi connectivity index (χ2v) is 18.4. The van der Waals surface area contributed by atoms with Crippen LogP contribution in [0.4, 0.5) is 0 Å². The molecule has 4 fully saturated rings. The van der Waals surface area contributed by atoms with Crippen molar-refractivity contribution in [1.82, 2.24) is 9.80 Å². The summed E-state index contributed by atoms with van der Waals surface area (Å²) in [4.78, 5) is 23.0. The summed E-state index contributed by atoms with van der Waals surface area (Å²) < 4.78 is 44.8. The highest BCUT2D eigenvalue weighted by Crippen LogP contribution is 2.41. The van der Waals surface area contributed by atoms with Crippen LogP contribution in [0.2, 0.25) is 0 Å². The van der Waals surface area contributed by atoms with Gasteiger partial charge in [0.25, 0.3) is 6.02 Å². The van der Waals surface area contributed by atoms with Gasteiger partial charge in [0, 0.05) is 45.1 Å². The Balaban J connectivity index is 1.83. The summed E-state index contributed by atoms with van der Waals surface area (Å²) in [5, 5.41) is 47.1. The van der Waals surface area contributed by atoms with Crippen LogP contribution in [-0.4, -0.2) is 166 Å². The number of aliphatic hydroxyl groups excluding tert-OH is 2. The first-order valence-electron chi connectivity index (χ1n) is 20.7. The van der Waals surface area contributed by atoms with Gasteiger partial charge in [-0.2, -0.15) is 0 Å². The molecule has 0 aromatic carbocycles. The van der Waals surface area contributed by atoms with E-state index in [-0.39, 0.29) is 43.4 Å². The van der Waals surface area contributed by atoms with Crippen LogP contribution in [0.1, 0.15) is 109 Å². The second-order valence-electron chi connectivity index (χ2n) is 18.4. The second kappa shape index (κ2) is 18.3. The highest BCUT2D eigenvalue weighted by atomic mass is 16.7. The molecule has 0 radical (unpaired) electrons. The molecule has 15 heteroatoms. The SMILES string of the molecule is CC[C@H]1OC(=O)[C@H](C)[C@@H](O[C@H]2C[C@@](C)(OC)[C@@H](O)[C@H](C)O2)[C@H](C)[C@@H](O[C@@H]2O[C@H](C)C[C@H]3[C@H]2OC(=NC(C)C)N3C)[C@](C)(O)C[C@@H](C)CN(C)[C@H](C)[C@@H](O)[C@]1(C)O. The molecule has 0 bridgehead atoms. The molecule has 4 aliphatic rings. The normalized spacial score (nSPS) is 48.6. The molecule has 4 heterocycles. The number of carbonyl (C=O) groups is 1. The maximum Gasteiger partial charge on any atom is 0.311 e. The van der Waals surface area contributed by atoms with E-state index in [1.165, 1.54) is 14.0 Å². The third-order valence-corrected chi connectivity index (χ3v) is 12.9. The van der Waals surface area contributed by atoms with Gasteiger partial charge in [0.05, 0.1) is 47.6 Å². The molecule has 4 saturated heterocycles. The van der Waals surface area contributed by atoms with Crippen molar-refractivity contribution in [1.29, 1.82) is 0 Å². The Hall–Kier alpha value is -1.66. The number of ether oxygens (including phenoxy) is 7. The first-order valence-corrected chi connectivity index (χ1v) is 20.7. The standard InChI is InChI=1S/C41H75N3O12/c1-16-29-41(12,49)33(45)26(8)43(13)20-22(4)18-39(10,48)35(56-37-32-28(17-23(5)51-37)44(14)38(55-32)42-21(2)3)24(6)31(25(7)36(47)53-29)54-30-19-40(11,50-15)34(46)27(9)52-30/h21-35,37,45-46,48-49H,16-20H2,1-15H3/t22-,23-,24+,25-,26-,27+,28+,29-,30+,31+,32-,33-,34+,35-,37+,39-,40-,41-/m1/s1. The van der Waals surface area contributed by atoms with Crippen LogP contribution in [0, 0.1) is 17.8 Å². The zero-order valence-corrected chi connectivity index (χ0v) is 36.7. The van der Waals surface area contributed by atoms with Gasteiger partial charge in [0.15, 0.2) is 18.7 Å². The average Bonchev–Trinajstić information content (AvgIpc) is 3.41. The Morgan fingerprint density at radius 1 is 0.946 bits per heavy atom. The fourth-order valence-electron chi connectivity index (χ4n) is 9.41. The quantitative estimate of drug-likeness (QED) is 0.276. The van der Waals surface area contributed by atoms with Gasteiger partial charge < -0.3 is 63.4 Å². The minimum atomic E-state index is -1.80. The summed E-state index contributed by atoms with van der Waals surface area (Å²) >= 11 is 0. The molecule has 4 rings (SSSR count). The van der Waals surface area contributed by atoms with Crippen LogP contribution in [0.25, 0.3) is 0 Å². The van der Waals surface area contributed by atoms with Crippen LogP contribution in [-0.2, 0) is 38.0 Å². The van der Waals surface area contributed by atoms with E-state index < -0.39 is 96.0 Å². The van der Waals surface area contributed by atoms with Crippen LogP contribution >= 0.6 is 0 Å². The summed E-state index contributed by atoms with van der Waals surface area (Å²) in [7, 11) is 5.34. The molecule has 0 aromatic rings. The molecule has 56 heavy (non-hydrogen) atoms. The number of likely N-dealkylation sites (N-methyl/N-ethyl adjacent to an activating group) is 2. The van der Waals surface area contributed by atoms with E-state index in [0.717, 1.165) is 0 Å². The topological polar surface area (TPSA) is 181 Å². The Morgan fingerprint density at radius 3 is 2.18 bits per heavy atom. The number of nitrogens with zero attached hydrogens (tertiary/aromatic N) is 3. The summed E-state index contributed by atoms with van der Waals surface area (Å²) in [6, 6.07) is -0.126. The first kappa shape index (κ1) is 47.0. The fraction of sp³-hybridized carbons (Fsp3) is 0.951. The van der Waals surface area contributed by atoms with E-state index in [9.17, 15) is 25.2 Å². The smallest absolute Gasteiger partial charge is 0.311 e. The Kier molecular flexibility index (Phi) is 15.4. The van der Waals surface area contributed by atoms with E-state index >= 15 is 0 Å². The highest BCUT2D eigenvalue weighted by Gasteiger charge is 2.54. The van der Waals surface area contributed by atoms with Gasteiger partial charge in [-0.25, -0.2) is 4.99 Å². The third kappa shape index (κ3) is 10.0. The molecule has 15 nitrogen and oxygen atoms in total. The first-order chi connectivity index (χ1) is 25.9. The maximum atomic E-state index is 14.3. The van der Waals surface area contributed by atoms with Crippen molar-refractivity contribution in [2.24, 2.45) is 22.7 Å². The number of hydrogen-bond donors (Lipinski definition) is 4. The number of hydrogen-bond acceptors (Lipinski definition) is 14. The van der Waals surface area contributed by atoms with Gasteiger partial charge >= 0.3 is 5.97 Å². The Morgan fingerprint density at radius 2 is 1.59 bits per heavy atom. The predicted molar refractivity (Wildman–Crippen MR) is 210 cm³/mol.